The van der Waals surface area contributed by atoms with Crippen LogP contribution in [0.15, 0.2) is 48.6 Å². The third-order valence-corrected chi connectivity index (χ3v) is 6.29. The van der Waals surface area contributed by atoms with Crippen LogP contribution in [0.5, 0.6) is 0 Å². The van der Waals surface area contributed by atoms with Gasteiger partial charge in [-0.15, -0.1) is 0 Å². The van der Waals surface area contributed by atoms with Gasteiger partial charge in [-0.05, 0) is 27.7 Å². The second-order valence-corrected chi connectivity index (χ2v) is 11.9. The summed E-state index contributed by atoms with van der Waals surface area (Å²) in [6.45, 7) is 12.4. The summed E-state index contributed by atoms with van der Waals surface area (Å²) in [4.78, 5) is 60.6. The molecule has 6 N–H and O–H groups in total. The highest BCUT2D eigenvalue weighted by atomic mass is 16.6. The van der Waals surface area contributed by atoms with Gasteiger partial charge < -0.3 is 68.5 Å². The molecule has 0 aromatic heterocycles. The molecule has 0 rings (SSSR count). The van der Waals surface area contributed by atoms with E-state index in [4.69, 9.17) is 37.9 Å². The summed E-state index contributed by atoms with van der Waals surface area (Å²) in [5, 5.41) is 62.3. The molecule has 0 aromatic carbocycles. The van der Waals surface area contributed by atoms with Crippen molar-refractivity contribution in [3.63, 3.8) is 0 Å². The molecule has 0 aliphatic rings. The minimum Gasteiger partial charge on any atom is -0.461 e. The molecule has 0 heterocycles. The number of carbonyl (C=O) groups is 5. The topological polar surface area (TPSA) is 281 Å². The van der Waals surface area contributed by atoms with Crippen LogP contribution < -0.4 is 0 Å². The van der Waals surface area contributed by atoms with E-state index in [0.717, 1.165) is 0 Å². The lowest BCUT2D eigenvalue weighted by Gasteiger charge is -2.35. The first-order valence-electron chi connectivity index (χ1n) is 16.0. The second-order valence-electron chi connectivity index (χ2n) is 11.9. The SMILES string of the molecule is C=C(C)C(=O)OCC(O)COC(=O)[C@H](OCC(O)COC(=O)C(=C)C)[C@@H](OCC(O)COC(=O)C(=C)C)[C@H](OCC(O)COC(=O)C(=C)C)[C@H](O)CO. The molecule has 0 spiro atoms. The highest BCUT2D eigenvalue weighted by Crippen LogP contribution is 2.20. The maximum atomic E-state index is 13.5. The fraction of sp³-hybridized carbons (Fsp3) is 0.618. The van der Waals surface area contributed by atoms with Gasteiger partial charge in [0.05, 0.1) is 26.4 Å². The Hall–Kier alpha value is -4.05. The third kappa shape index (κ3) is 20.7. The van der Waals surface area contributed by atoms with Crippen LogP contribution in [0.2, 0.25) is 0 Å². The number of rotatable bonds is 28. The van der Waals surface area contributed by atoms with Crippen molar-refractivity contribution >= 4 is 29.8 Å². The quantitative estimate of drug-likeness (QED) is 0.0284. The summed E-state index contributed by atoms with van der Waals surface area (Å²) < 4.78 is 41.5. The van der Waals surface area contributed by atoms with E-state index in [2.05, 4.69) is 26.3 Å². The van der Waals surface area contributed by atoms with Gasteiger partial charge >= 0.3 is 29.8 Å². The van der Waals surface area contributed by atoms with Crippen LogP contribution in [0.3, 0.4) is 0 Å². The van der Waals surface area contributed by atoms with E-state index in [1.165, 1.54) is 27.7 Å². The fourth-order valence-electron chi connectivity index (χ4n) is 3.47. The molecule has 19 nitrogen and oxygen atoms in total. The summed E-state index contributed by atoms with van der Waals surface area (Å²) >= 11 is 0. The minimum absolute atomic E-state index is 0.0163. The Bertz CT molecular complexity index is 1260. The second kappa shape index (κ2) is 25.8. The molecule has 0 bridgehead atoms. The van der Waals surface area contributed by atoms with Gasteiger partial charge in [0.25, 0.3) is 0 Å². The summed E-state index contributed by atoms with van der Waals surface area (Å²) in [6.07, 6.45) is -14.1. The molecule has 0 saturated heterocycles. The van der Waals surface area contributed by atoms with Crippen LogP contribution in [0.4, 0.5) is 0 Å². The summed E-state index contributed by atoms with van der Waals surface area (Å²) in [5.74, 6) is -4.73. The van der Waals surface area contributed by atoms with E-state index in [-0.39, 0.29) is 22.3 Å². The van der Waals surface area contributed by atoms with Gasteiger partial charge in [-0.3, -0.25) is 0 Å². The highest BCUT2D eigenvalue weighted by Gasteiger charge is 2.43. The predicted molar refractivity (Wildman–Crippen MR) is 180 cm³/mol. The van der Waals surface area contributed by atoms with E-state index in [1.807, 2.05) is 0 Å². The number of hydrogen-bond donors (Lipinski definition) is 6. The van der Waals surface area contributed by atoms with Gasteiger partial charge in [0.1, 0.15) is 75.8 Å². The maximum Gasteiger partial charge on any atom is 0.338 e. The Balaban J connectivity index is 6.52. The molecular weight excluding hydrogens is 712 g/mol. The Kier molecular flexibility index (Phi) is 23.9. The van der Waals surface area contributed by atoms with Crippen LogP contribution in [-0.4, -0.2) is 169 Å². The zero-order valence-electron chi connectivity index (χ0n) is 30.3. The molecule has 8 atom stereocenters. The average Bonchev–Trinajstić information content (AvgIpc) is 3.10. The van der Waals surface area contributed by atoms with Crippen LogP contribution in [0.1, 0.15) is 27.7 Å². The van der Waals surface area contributed by atoms with Crippen molar-refractivity contribution in [1.82, 2.24) is 0 Å². The Morgan fingerprint density at radius 2 is 0.736 bits per heavy atom. The Morgan fingerprint density at radius 1 is 0.453 bits per heavy atom. The van der Waals surface area contributed by atoms with Gasteiger partial charge in [-0.2, -0.15) is 0 Å². The minimum atomic E-state index is -2.07. The summed E-state index contributed by atoms with van der Waals surface area (Å²) in [7, 11) is 0. The molecule has 0 saturated carbocycles. The first kappa shape index (κ1) is 49.0. The van der Waals surface area contributed by atoms with Crippen LogP contribution in [-0.2, 0) is 61.9 Å². The van der Waals surface area contributed by atoms with Gasteiger partial charge in [-0.25, -0.2) is 24.0 Å². The lowest BCUT2D eigenvalue weighted by molar-refractivity contribution is -0.209. The van der Waals surface area contributed by atoms with Crippen molar-refractivity contribution in [3.05, 3.63) is 48.6 Å². The number of ether oxygens (including phenoxy) is 8. The monoisotopic (exact) mass is 764 g/mol. The zero-order valence-corrected chi connectivity index (χ0v) is 30.3. The van der Waals surface area contributed by atoms with Gasteiger partial charge in [0, 0.05) is 22.3 Å². The van der Waals surface area contributed by atoms with E-state index < -0.39 is 138 Å². The van der Waals surface area contributed by atoms with Crippen LogP contribution in [0, 0.1) is 0 Å². The molecule has 4 unspecified atom stereocenters. The molecule has 53 heavy (non-hydrogen) atoms. The Morgan fingerprint density at radius 3 is 1.06 bits per heavy atom. The first-order valence-corrected chi connectivity index (χ1v) is 16.0. The van der Waals surface area contributed by atoms with Gasteiger partial charge in [-0.1, -0.05) is 26.3 Å². The van der Waals surface area contributed by atoms with E-state index in [0.29, 0.717) is 0 Å². The maximum absolute atomic E-state index is 13.5. The average molecular weight is 765 g/mol. The van der Waals surface area contributed by atoms with Crippen LogP contribution in [0.25, 0.3) is 0 Å². The van der Waals surface area contributed by atoms with Crippen LogP contribution >= 0.6 is 0 Å². The van der Waals surface area contributed by atoms with Gasteiger partial charge in [0.2, 0.25) is 0 Å². The number of carbonyl (C=O) groups excluding carboxylic acids is 5. The van der Waals surface area contributed by atoms with Crippen molar-refractivity contribution in [2.24, 2.45) is 0 Å². The predicted octanol–water partition coefficient (Wildman–Crippen LogP) is -2.04. The molecule has 0 aliphatic carbocycles. The normalized spacial score (nSPS) is 15.6. The molecule has 0 fully saturated rings. The lowest BCUT2D eigenvalue weighted by atomic mass is 10.0. The fourth-order valence-corrected chi connectivity index (χ4v) is 3.47. The van der Waals surface area contributed by atoms with Crippen molar-refractivity contribution in [3.8, 4) is 0 Å². The van der Waals surface area contributed by atoms with Gasteiger partial charge in [0.15, 0.2) is 6.10 Å². The summed E-state index contributed by atoms with van der Waals surface area (Å²) in [5.41, 5.74) is 0.0898. The number of aliphatic hydroxyl groups is 6. The highest BCUT2D eigenvalue weighted by molar-refractivity contribution is 5.88. The number of esters is 5. The lowest BCUT2D eigenvalue weighted by Crippen LogP contribution is -2.55. The standard InChI is InChI=1S/C34H52O19/c1-18(2)30(41)49-13-22(36)10-46-27(26(40)9-35)28(47-11-23(37)14-50-31(42)19(3)4)29(48-12-24(38)15-51-32(43)20(5)6)34(45)53-17-25(39)16-52-33(44)21(7)8/h22-29,35-40H,1,3,5,7,9-17H2,2,4,6,8H3/t22?,23?,24?,25?,26-,27-,28+,29-/m1/s1. The zero-order chi connectivity index (χ0) is 40.8. The molecule has 0 amide bonds. The van der Waals surface area contributed by atoms with Crippen molar-refractivity contribution < 1.29 is 92.5 Å². The molecular formula is C34H52O19. The Labute approximate surface area is 307 Å². The molecule has 0 aromatic rings. The van der Waals surface area contributed by atoms with Crippen molar-refractivity contribution in [2.75, 3.05) is 59.5 Å². The largest absolute Gasteiger partial charge is 0.461 e. The van der Waals surface area contributed by atoms with Crippen molar-refractivity contribution in [1.29, 1.82) is 0 Å². The van der Waals surface area contributed by atoms with Crippen molar-refractivity contribution in [2.45, 2.75) is 76.5 Å². The van der Waals surface area contributed by atoms with E-state index in [1.54, 1.807) is 0 Å². The molecule has 0 radical (unpaired) electrons. The smallest absolute Gasteiger partial charge is 0.338 e. The van der Waals surface area contributed by atoms with E-state index >= 15 is 0 Å². The van der Waals surface area contributed by atoms with E-state index in [9.17, 15) is 54.6 Å². The molecule has 302 valence electrons. The molecule has 0 aliphatic heterocycles. The first-order chi connectivity index (χ1) is 24.7. The number of hydrogen-bond acceptors (Lipinski definition) is 19. The molecule has 19 heteroatoms. The third-order valence-electron chi connectivity index (χ3n) is 6.29. The number of aliphatic hydroxyl groups excluding tert-OH is 6. The summed E-state index contributed by atoms with van der Waals surface area (Å²) in [6, 6.07) is 0.